The van der Waals surface area contributed by atoms with Gasteiger partial charge < -0.3 is 4.57 Å². The van der Waals surface area contributed by atoms with Gasteiger partial charge in [-0.2, -0.15) is 0 Å². The van der Waals surface area contributed by atoms with Gasteiger partial charge in [0.2, 0.25) is 0 Å². The lowest BCUT2D eigenvalue weighted by Gasteiger charge is -2.41. The maximum absolute atomic E-state index is 2.43. The fourth-order valence-electron chi connectivity index (χ4n) is 4.87. The minimum absolute atomic E-state index is 0.432. The van der Waals surface area contributed by atoms with Gasteiger partial charge in [-0.05, 0) is 60.0 Å². The van der Waals surface area contributed by atoms with Gasteiger partial charge in [-0.3, -0.25) is 0 Å². The van der Waals surface area contributed by atoms with Gasteiger partial charge >= 0.3 is 0 Å². The molecular weight excluding hydrogens is 290 g/mol. The minimum Gasteiger partial charge on any atom is -0.355 e. The molecule has 0 saturated carbocycles. The van der Waals surface area contributed by atoms with Gasteiger partial charge in [-0.15, -0.1) is 0 Å². The average Bonchev–Trinajstić information content (AvgIpc) is 2.72. The molecule has 142 valence electrons. The van der Waals surface area contributed by atoms with Crippen LogP contribution in [0.25, 0.3) is 0 Å². The van der Waals surface area contributed by atoms with E-state index in [1.54, 1.807) is 0 Å². The summed E-state index contributed by atoms with van der Waals surface area (Å²) in [4.78, 5) is 0. The molecule has 0 radical (unpaired) electrons. The molecular formula is C23H45N. The van der Waals surface area contributed by atoms with Crippen molar-refractivity contribution in [2.24, 2.45) is 21.7 Å². The summed E-state index contributed by atoms with van der Waals surface area (Å²) in [5.74, 6) is 0. The smallest absolute Gasteiger partial charge is 0.0191 e. The summed E-state index contributed by atoms with van der Waals surface area (Å²) in [7, 11) is 0. The molecule has 1 aromatic rings. The van der Waals surface area contributed by atoms with Crippen LogP contribution in [0.4, 0.5) is 0 Å². The molecule has 0 fully saturated rings. The number of rotatable bonds is 5. The van der Waals surface area contributed by atoms with Crippen LogP contribution in [0.3, 0.4) is 0 Å². The number of aromatic nitrogens is 1. The fraction of sp³-hybridized carbons (Fsp3) is 0.826. The predicted octanol–water partition coefficient (Wildman–Crippen LogP) is 7.81. The van der Waals surface area contributed by atoms with Crippen LogP contribution in [0.15, 0.2) is 24.5 Å². The zero-order valence-corrected chi connectivity index (χ0v) is 18.6. The molecule has 1 aromatic heterocycles. The SMILES string of the molecule is CC(C)(C)CC(C)(C)CC(C)(C)CC(C)(C)C.CCn1cccc1. The van der Waals surface area contributed by atoms with Crippen molar-refractivity contribution in [2.75, 3.05) is 0 Å². The van der Waals surface area contributed by atoms with Crippen molar-refractivity contribution in [2.45, 2.75) is 102 Å². The van der Waals surface area contributed by atoms with Crippen LogP contribution < -0.4 is 0 Å². The summed E-state index contributed by atoms with van der Waals surface area (Å²) < 4.78 is 2.12. The topological polar surface area (TPSA) is 4.93 Å². The second-order valence-corrected chi connectivity index (χ2v) is 11.5. The highest BCUT2D eigenvalue weighted by molar-refractivity contribution is 4.89. The Balaban J connectivity index is 0.000000620. The Morgan fingerprint density at radius 1 is 0.583 bits per heavy atom. The number of hydrogen-bond acceptors (Lipinski definition) is 0. The van der Waals surface area contributed by atoms with Gasteiger partial charge in [0.1, 0.15) is 0 Å². The number of hydrogen-bond donors (Lipinski definition) is 0. The van der Waals surface area contributed by atoms with E-state index >= 15 is 0 Å². The summed E-state index contributed by atoms with van der Waals surface area (Å²) in [5.41, 5.74) is 1.74. The molecule has 0 aliphatic rings. The first kappa shape index (κ1) is 23.3. The monoisotopic (exact) mass is 335 g/mol. The Morgan fingerprint density at radius 3 is 1.12 bits per heavy atom. The maximum Gasteiger partial charge on any atom is 0.0191 e. The average molecular weight is 336 g/mol. The summed E-state index contributed by atoms with van der Waals surface area (Å²) in [6, 6.07) is 4.06. The van der Waals surface area contributed by atoms with Gasteiger partial charge in [0.25, 0.3) is 0 Å². The number of nitrogens with zero attached hydrogens (tertiary/aromatic N) is 1. The summed E-state index contributed by atoms with van der Waals surface area (Å²) >= 11 is 0. The van der Waals surface area contributed by atoms with Crippen molar-refractivity contribution in [3.63, 3.8) is 0 Å². The Hall–Kier alpha value is -0.720. The third kappa shape index (κ3) is 12.7. The highest BCUT2D eigenvalue weighted by Crippen LogP contribution is 2.45. The molecule has 0 N–H and O–H groups in total. The van der Waals surface area contributed by atoms with Crippen molar-refractivity contribution < 1.29 is 0 Å². The lowest BCUT2D eigenvalue weighted by molar-refractivity contribution is 0.0997. The first-order valence-electron chi connectivity index (χ1n) is 9.66. The summed E-state index contributed by atoms with van der Waals surface area (Å²) in [6.45, 7) is 27.1. The largest absolute Gasteiger partial charge is 0.355 e. The van der Waals surface area contributed by atoms with Crippen molar-refractivity contribution in [1.29, 1.82) is 0 Å². The Kier molecular flexibility index (Phi) is 8.33. The van der Waals surface area contributed by atoms with E-state index < -0.39 is 0 Å². The minimum atomic E-state index is 0.432. The first-order valence-corrected chi connectivity index (χ1v) is 9.66. The standard InChI is InChI=1S/C17H36.C6H9N/c1-14(2,3)11-16(7,8)13-17(9,10)12-15(4,5)6;1-2-7-5-3-4-6-7/h11-13H2,1-10H3;3-6H,2H2,1H3. The van der Waals surface area contributed by atoms with Gasteiger partial charge in [-0.1, -0.05) is 69.2 Å². The summed E-state index contributed by atoms with van der Waals surface area (Å²) in [6.07, 6.45) is 8.02. The fourth-order valence-corrected chi connectivity index (χ4v) is 4.87. The molecule has 0 aromatic carbocycles. The molecule has 1 nitrogen and oxygen atoms in total. The van der Waals surface area contributed by atoms with Crippen molar-refractivity contribution in [3.8, 4) is 0 Å². The first-order chi connectivity index (χ1) is 10.6. The van der Waals surface area contributed by atoms with E-state index in [2.05, 4.69) is 93.1 Å². The van der Waals surface area contributed by atoms with E-state index in [9.17, 15) is 0 Å². The second kappa shape index (κ2) is 8.59. The molecule has 0 spiro atoms. The van der Waals surface area contributed by atoms with E-state index in [4.69, 9.17) is 0 Å². The zero-order chi connectivity index (χ0) is 19.2. The van der Waals surface area contributed by atoms with Gasteiger partial charge in [-0.25, -0.2) is 0 Å². The molecule has 0 atom stereocenters. The van der Waals surface area contributed by atoms with Crippen molar-refractivity contribution >= 4 is 0 Å². The van der Waals surface area contributed by atoms with Crippen LogP contribution in [-0.4, -0.2) is 4.57 Å². The lowest BCUT2D eigenvalue weighted by atomic mass is 9.64. The Bertz CT molecular complexity index is 409. The highest BCUT2D eigenvalue weighted by Gasteiger charge is 2.34. The molecule has 0 unspecified atom stereocenters. The van der Waals surface area contributed by atoms with Crippen LogP contribution in [0.2, 0.25) is 0 Å². The normalized spacial score (nSPS) is 13.5. The van der Waals surface area contributed by atoms with Crippen LogP contribution in [0, 0.1) is 21.7 Å². The number of aryl methyl sites for hydroxylation is 1. The van der Waals surface area contributed by atoms with Crippen LogP contribution in [-0.2, 0) is 6.54 Å². The molecule has 0 amide bonds. The zero-order valence-electron chi connectivity index (χ0n) is 18.6. The molecule has 0 saturated heterocycles. The van der Waals surface area contributed by atoms with E-state index in [0.717, 1.165) is 6.54 Å². The van der Waals surface area contributed by atoms with Gasteiger partial charge in [0, 0.05) is 18.9 Å². The van der Waals surface area contributed by atoms with Crippen LogP contribution in [0.5, 0.6) is 0 Å². The highest BCUT2D eigenvalue weighted by atomic mass is 14.9. The molecule has 0 aliphatic carbocycles. The summed E-state index contributed by atoms with van der Waals surface area (Å²) in [5, 5.41) is 0. The van der Waals surface area contributed by atoms with Crippen molar-refractivity contribution in [3.05, 3.63) is 24.5 Å². The molecule has 0 bridgehead atoms. The predicted molar refractivity (Wildman–Crippen MR) is 110 cm³/mol. The maximum atomic E-state index is 2.43. The molecule has 1 heterocycles. The second-order valence-electron chi connectivity index (χ2n) is 11.5. The van der Waals surface area contributed by atoms with Gasteiger partial charge in [0.15, 0.2) is 0 Å². The molecule has 1 heteroatoms. The van der Waals surface area contributed by atoms with Crippen molar-refractivity contribution in [1.82, 2.24) is 4.57 Å². The van der Waals surface area contributed by atoms with E-state index in [1.807, 2.05) is 12.1 Å². The third-order valence-electron chi connectivity index (χ3n) is 4.01. The van der Waals surface area contributed by atoms with E-state index in [0.29, 0.717) is 21.7 Å². The Morgan fingerprint density at radius 2 is 0.917 bits per heavy atom. The quantitative estimate of drug-likeness (QED) is 0.517. The molecule has 24 heavy (non-hydrogen) atoms. The molecule has 1 rings (SSSR count). The van der Waals surface area contributed by atoms with Gasteiger partial charge in [0.05, 0.1) is 0 Å². The molecule has 0 aliphatic heterocycles. The van der Waals surface area contributed by atoms with E-state index in [1.165, 1.54) is 19.3 Å². The Labute approximate surface area is 153 Å². The van der Waals surface area contributed by atoms with Crippen LogP contribution >= 0.6 is 0 Å². The van der Waals surface area contributed by atoms with E-state index in [-0.39, 0.29) is 0 Å². The third-order valence-corrected chi connectivity index (χ3v) is 4.01. The lowest BCUT2D eigenvalue weighted by Crippen LogP contribution is -2.30. The van der Waals surface area contributed by atoms with Crippen LogP contribution in [0.1, 0.15) is 95.4 Å².